The maximum Gasteiger partial charge on any atom is 0.282 e. The molecule has 0 aliphatic heterocycles. The number of para-hydroxylation sites is 1. The van der Waals surface area contributed by atoms with Gasteiger partial charge in [-0.1, -0.05) is 18.2 Å². The molecule has 0 fully saturated rings. The van der Waals surface area contributed by atoms with E-state index in [4.69, 9.17) is 9.47 Å². The van der Waals surface area contributed by atoms with E-state index in [0.29, 0.717) is 28.6 Å². The van der Waals surface area contributed by atoms with Crippen LogP contribution in [0.2, 0.25) is 0 Å². The number of benzene rings is 2. The first kappa shape index (κ1) is 23.0. The third kappa shape index (κ3) is 4.22. The first-order chi connectivity index (χ1) is 17.5. The van der Waals surface area contributed by atoms with Crippen LogP contribution in [0.25, 0.3) is 16.6 Å². The SMILES string of the molecule is COc1ccc2c(Oc3ccc(CC(=O)c4c(C)n(C)n(-c5ccccc5)c4=O)nn3)ccnc2c1. The summed E-state index contributed by atoms with van der Waals surface area (Å²) in [5.41, 5.74) is 2.22. The van der Waals surface area contributed by atoms with Gasteiger partial charge in [0.1, 0.15) is 17.1 Å². The lowest BCUT2D eigenvalue weighted by atomic mass is 10.1. The molecular formula is C27H23N5O4. The molecule has 3 heterocycles. The Balaban J connectivity index is 1.36. The molecule has 180 valence electrons. The summed E-state index contributed by atoms with van der Waals surface area (Å²) in [6.07, 6.45) is 1.59. The number of hydrogen-bond acceptors (Lipinski definition) is 7. The van der Waals surface area contributed by atoms with E-state index in [2.05, 4.69) is 15.2 Å². The van der Waals surface area contributed by atoms with Gasteiger partial charge < -0.3 is 9.47 Å². The van der Waals surface area contributed by atoms with Crippen LogP contribution in [0.3, 0.4) is 0 Å². The highest BCUT2D eigenvalue weighted by atomic mass is 16.5. The van der Waals surface area contributed by atoms with Crippen LogP contribution < -0.4 is 15.0 Å². The summed E-state index contributed by atoms with van der Waals surface area (Å²) >= 11 is 0. The zero-order chi connectivity index (χ0) is 25.2. The number of carbonyl (C=O) groups is 1. The fraction of sp³-hybridized carbons (Fsp3) is 0.148. The molecule has 0 amide bonds. The number of aromatic nitrogens is 5. The molecule has 36 heavy (non-hydrogen) atoms. The number of ether oxygens (including phenoxy) is 2. The molecular weight excluding hydrogens is 458 g/mol. The van der Waals surface area contributed by atoms with Crippen molar-refractivity contribution in [1.82, 2.24) is 24.5 Å². The number of ketones is 1. The Morgan fingerprint density at radius 1 is 1.00 bits per heavy atom. The Hall–Kier alpha value is -4.79. The van der Waals surface area contributed by atoms with Crippen LogP contribution in [-0.2, 0) is 13.5 Å². The molecule has 9 heteroatoms. The van der Waals surface area contributed by atoms with Crippen molar-refractivity contribution in [2.45, 2.75) is 13.3 Å². The van der Waals surface area contributed by atoms with Crippen molar-refractivity contribution >= 4 is 16.7 Å². The van der Waals surface area contributed by atoms with Gasteiger partial charge in [0.2, 0.25) is 5.88 Å². The topological polar surface area (TPSA) is 101 Å². The lowest BCUT2D eigenvalue weighted by molar-refractivity contribution is 0.0990. The lowest BCUT2D eigenvalue weighted by Gasteiger charge is -2.08. The number of Topliss-reactive ketones (excluding diaryl/α,β-unsaturated/α-hetero) is 1. The monoisotopic (exact) mass is 481 g/mol. The van der Waals surface area contributed by atoms with Crippen LogP contribution >= 0.6 is 0 Å². The second-order valence-corrected chi connectivity index (χ2v) is 8.19. The Labute approximate surface area is 206 Å². The number of methoxy groups -OCH3 is 1. The average molecular weight is 482 g/mol. The number of fused-ring (bicyclic) bond motifs is 1. The van der Waals surface area contributed by atoms with Crippen molar-refractivity contribution in [2.24, 2.45) is 7.05 Å². The van der Waals surface area contributed by atoms with Gasteiger partial charge in [0.05, 0.1) is 30.4 Å². The zero-order valence-corrected chi connectivity index (χ0v) is 20.0. The predicted molar refractivity (Wildman–Crippen MR) is 134 cm³/mol. The van der Waals surface area contributed by atoms with E-state index in [9.17, 15) is 9.59 Å². The molecule has 0 aliphatic carbocycles. The smallest absolute Gasteiger partial charge is 0.282 e. The van der Waals surface area contributed by atoms with Gasteiger partial charge >= 0.3 is 0 Å². The number of nitrogens with zero attached hydrogens (tertiary/aromatic N) is 5. The van der Waals surface area contributed by atoms with Crippen molar-refractivity contribution < 1.29 is 14.3 Å². The minimum Gasteiger partial charge on any atom is -0.497 e. The molecule has 0 aliphatic rings. The van der Waals surface area contributed by atoms with Crippen LogP contribution in [0.5, 0.6) is 17.4 Å². The molecule has 0 saturated carbocycles. The van der Waals surface area contributed by atoms with Crippen molar-refractivity contribution in [3.05, 3.63) is 100 Å². The summed E-state index contributed by atoms with van der Waals surface area (Å²) in [5, 5.41) is 9.07. The lowest BCUT2D eigenvalue weighted by Crippen LogP contribution is -2.23. The summed E-state index contributed by atoms with van der Waals surface area (Å²) in [5.74, 6) is 1.23. The minimum absolute atomic E-state index is 0.0554. The molecule has 9 nitrogen and oxygen atoms in total. The summed E-state index contributed by atoms with van der Waals surface area (Å²) in [6, 6.07) is 19.8. The summed E-state index contributed by atoms with van der Waals surface area (Å²) in [7, 11) is 3.35. The van der Waals surface area contributed by atoms with Gasteiger partial charge in [-0.2, -0.15) is 5.10 Å². The number of pyridine rings is 1. The van der Waals surface area contributed by atoms with Gasteiger partial charge in [-0.25, -0.2) is 4.68 Å². The second kappa shape index (κ2) is 9.46. The van der Waals surface area contributed by atoms with Crippen LogP contribution in [-0.4, -0.2) is 37.4 Å². The van der Waals surface area contributed by atoms with Gasteiger partial charge in [0.15, 0.2) is 5.78 Å². The molecule has 5 rings (SSSR count). The quantitative estimate of drug-likeness (QED) is 0.323. The number of rotatable bonds is 7. The molecule has 0 atom stereocenters. The van der Waals surface area contributed by atoms with Crippen molar-refractivity contribution in [3.63, 3.8) is 0 Å². The third-order valence-corrected chi connectivity index (χ3v) is 5.99. The largest absolute Gasteiger partial charge is 0.497 e. The molecule has 0 radical (unpaired) electrons. The van der Waals surface area contributed by atoms with Gasteiger partial charge in [-0.3, -0.25) is 19.3 Å². The normalized spacial score (nSPS) is 11.0. The maximum absolute atomic E-state index is 13.1. The fourth-order valence-electron chi connectivity index (χ4n) is 4.07. The minimum atomic E-state index is -0.361. The summed E-state index contributed by atoms with van der Waals surface area (Å²) < 4.78 is 14.3. The molecule has 0 spiro atoms. The predicted octanol–water partition coefficient (Wildman–Crippen LogP) is 4.05. The standard InChI is InChI=1S/C27H23N5O4/c1-17-26(27(34)32(31(17)2)19-7-5-4-6-8-19)23(33)15-18-9-12-25(30-29-18)36-24-13-14-28-22-16-20(35-3)10-11-21(22)24/h4-14,16H,15H2,1-3H3. The van der Waals surface area contributed by atoms with E-state index in [-0.39, 0.29) is 29.2 Å². The van der Waals surface area contributed by atoms with Crippen molar-refractivity contribution in [2.75, 3.05) is 7.11 Å². The summed E-state index contributed by atoms with van der Waals surface area (Å²) in [6.45, 7) is 1.76. The summed E-state index contributed by atoms with van der Waals surface area (Å²) in [4.78, 5) is 30.5. The van der Waals surface area contributed by atoms with Gasteiger partial charge in [-0.05, 0) is 43.3 Å². The van der Waals surface area contributed by atoms with Crippen molar-refractivity contribution in [3.8, 4) is 23.1 Å². The van der Waals surface area contributed by atoms with Gasteiger partial charge in [0.25, 0.3) is 5.56 Å². The molecule has 0 unspecified atom stereocenters. The average Bonchev–Trinajstić information content (AvgIpc) is 3.13. The molecule has 5 aromatic rings. The van der Waals surface area contributed by atoms with Crippen LogP contribution in [0, 0.1) is 6.92 Å². The first-order valence-corrected chi connectivity index (χ1v) is 11.3. The van der Waals surface area contributed by atoms with E-state index in [1.54, 1.807) is 50.2 Å². The third-order valence-electron chi connectivity index (χ3n) is 5.99. The Morgan fingerprint density at radius 2 is 1.81 bits per heavy atom. The molecule has 2 aromatic carbocycles. The van der Waals surface area contributed by atoms with Crippen LogP contribution in [0.1, 0.15) is 21.7 Å². The van der Waals surface area contributed by atoms with E-state index in [1.165, 1.54) is 4.68 Å². The molecule has 0 bridgehead atoms. The van der Waals surface area contributed by atoms with Gasteiger partial charge in [-0.15, -0.1) is 5.10 Å². The van der Waals surface area contributed by atoms with Crippen molar-refractivity contribution in [1.29, 1.82) is 0 Å². The molecule has 0 saturated heterocycles. The fourth-order valence-corrected chi connectivity index (χ4v) is 4.07. The number of carbonyl (C=O) groups excluding carboxylic acids is 1. The van der Waals surface area contributed by atoms with Gasteiger partial charge in [0, 0.05) is 36.5 Å². The first-order valence-electron chi connectivity index (χ1n) is 11.3. The van der Waals surface area contributed by atoms with E-state index in [1.807, 2.05) is 48.5 Å². The van der Waals surface area contributed by atoms with Crippen LogP contribution in [0.4, 0.5) is 0 Å². The van der Waals surface area contributed by atoms with E-state index >= 15 is 0 Å². The maximum atomic E-state index is 13.1. The highest BCUT2D eigenvalue weighted by molar-refractivity contribution is 5.98. The highest BCUT2D eigenvalue weighted by Gasteiger charge is 2.22. The van der Waals surface area contributed by atoms with E-state index < -0.39 is 0 Å². The highest BCUT2D eigenvalue weighted by Crippen LogP contribution is 2.29. The molecule has 3 aromatic heterocycles. The number of hydrogen-bond donors (Lipinski definition) is 0. The Morgan fingerprint density at radius 3 is 2.53 bits per heavy atom. The zero-order valence-electron chi connectivity index (χ0n) is 20.0. The Bertz CT molecular complexity index is 1620. The second-order valence-electron chi connectivity index (χ2n) is 8.19. The van der Waals surface area contributed by atoms with E-state index in [0.717, 1.165) is 10.9 Å². The van der Waals surface area contributed by atoms with Crippen LogP contribution in [0.15, 0.2) is 77.7 Å². The Kier molecular flexibility index (Phi) is 6.03. The molecule has 0 N–H and O–H groups in total.